The van der Waals surface area contributed by atoms with Crippen LogP contribution in [0.4, 0.5) is 5.69 Å². The van der Waals surface area contributed by atoms with Gasteiger partial charge in [0.15, 0.2) is 0 Å². The molecule has 3 heterocycles. The zero-order chi connectivity index (χ0) is 29.0. The molecule has 2 aromatic rings. The van der Waals surface area contributed by atoms with E-state index in [4.69, 9.17) is 21.1 Å². The Kier molecular flexibility index (Phi) is 9.27. The van der Waals surface area contributed by atoms with Crippen molar-refractivity contribution in [3.63, 3.8) is 0 Å². The van der Waals surface area contributed by atoms with E-state index < -0.39 is 5.41 Å². The molecule has 0 radical (unpaired) electrons. The number of carbonyl (C=O) groups is 2. The van der Waals surface area contributed by atoms with Crippen molar-refractivity contribution in [3.05, 3.63) is 58.1 Å². The summed E-state index contributed by atoms with van der Waals surface area (Å²) in [5.74, 6) is 0.516. The lowest BCUT2D eigenvalue weighted by molar-refractivity contribution is -0.183. The fourth-order valence-electron chi connectivity index (χ4n) is 7.11. The van der Waals surface area contributed by atoms with Crippen molar-refractivity contribution < 1.29 is 24.2 Å². The average molecular weight is 583 g/mol. The summed E-state index contributed by atoms with van der Waals surface area (Å²) < 4.78 is 11.8. The minimum atomic E-state index is -0.620. The van der Waals surface area contributed by atoms with Gasteiger partial charge in [-0.05, 0) is 48.8 Å². The second-order valence-electron chi connectivity index (χ2n) is 12.2. The number of halogens is 1. The number of carbonyl (C=O) groups excluding carboxylic acids is 2. The summed E-state index contributed by atoms with van der Waals surface area (Å²) in [7, 11) is 1.51. The Morgan fingerprint density at radius 1 is 1.10 bits per heavy atom. The smallest absolute Gasteiger partial charge is 0.317 e. The lowest BCUT2D eigenvalue weighted by atomic mass is 9.62. The number of rotatable bonds is 10. The molecule has 1 aliphatic carbocycles. The van der Waals surface area contributed by atoms with Crippen LogP contribution in [0.3, 0.4) is 0 Å². The first kappa shape index (κ1) is 29.9. The van der Waals surface area contributed by atoms with Crippen LogP contribution in [0.15, 0.2) is 36.4 Å². The maximum absolute atomic E-state index is 14.2. The Balaban J connectivity index is 1.26. The van der Waals surface area contributed by atoms with Gasteiger partial charge in [-0.2, -0.15) is 0 Å². The van der Waals surface area contributed by atoms with Crippen molar-refractivity contribution in [2.75, 3.05) is 32.1 Å². The Labute approximate surface area is 248 Å². The van der Waals surface area contributed by atoms with Crippen molar-refractivity contribution in [1.82, 2.24) is 4.90 Å². The number of aliphatic hydroxyl groups is 1. The molecule has 2 unspecified atom stereocenters. The molecule has 1 amide bonds. The number of esters is 1. The third-order valence-corrected chi connectivity index (χ3v) is 10.1. The van der Waals surface area contributed by atoms with E-state index in [0.717, 1.165) is 82.1 Å². The van der Waals surface area contributed by atoms with Gasteiger partial charge in [0.1, 0.15) is 11.4 Å². The number of aliphatic hydroxyl groups excluding tert-OH is 1. The minimum Gasteiger partial charge on any atom is -0.496 e. The van der Waals surface area contributed by atoms with Gasteiger partial charge in [0.2, 0.25) is 5.91 Å². The van der Waals surface area contributed by atoms with E-state index in [9.17, 15) is 14.7 Å². The maximum Gasteiger partial charge on any atom is 0.317 e. The van der Waals surface area contributed by atoms with Crippen LogP contribution in [0.2, 0.25) is 5.02 Å². The van der Waals surface area contributed by atoms with E-state index in [2.05, 4.69) is 35.3 Å². The largest absolute Gasteiger partial charge is 0.496 e. The average Bonchev–Trinajstić information content (AvgIpc) is 2.99. The van der Waals surface area contributed by atoms with Gasteiger partial charge >= 0.3 is 5.97 Å². The summed E-state index contributed by atoms with van der Waals surface area (Å²) in [4.78, 5) is 29.4. The van der Waals surface area contributed by atoms with E-state index >= 15 is 0 Å². The van der Waals surface area contributed by atoms with Crippen LogP contribution >= 0.6 is 11.6 Å². The number of benzene rings is 2. The van der Waals surface area contributed by atoms with Gasteiger partial charge in [-0.1, -0.05) is 55.6 Å². The van der Waals surface area contributed by atoms with Gasteiger partial charge in [0.25, 0.3) is 0 Å². The standard InChI is InChI=1S/C33H43ClN2O5/c1-23-7-3-4-12-33(23,31(39)41-32-13-16-36(17-14-32)18-15-32)26-10-5-8-24(19-26)9-6-11-30(38)35-28-21-29(40-2)25(22-37)20-27(28)34/h5,8,10,19-21,23,37H,3-4,6-7,9,11-18,22H2,1-2H3,(H,35,38). The highest BCUT2D eigenvalue weighted by Gasteiger charge is 2.51. The first-order valence-corrected chi connectivity index (χ1v) is 15.5. The number of ether oxygens (including phenoxy) is 2. The molecule has 0 spiro atoms. The number of hydrogen-bond acceptors (Lipinski definition) is 6. The molecule has 1 saturated carbocycles. The molecule has 3 aliphatic heterocycles. The molecule has 222 valence electrons. The third kappa shape index (κ3) is 6.27. The molecule has 0 aromatic heterocycles. The molecular weight excluding hydrogens is 540 g/mol. The summed E-state index contributed by atoms with van der Waals surface area (Å²) in [5.41, 5.74) is 2.29. The van der Waals surface area contributed by atoms with Crippen molar-refractivity contribution in [2.45, 2.75) is 88.8 Å². The van der Waals surface area contributed by atoms with Crippen molar-refractivity contribution in [3.8, 4) is 5.75 Å². The molecule has 8 heteroatoms. The molecule has 4 aliphatic rings. The van der Waals surface area contributed by atoms with Crippen LogP contribution in [0.25, 0.3) is 0 Å². The zero-order valence-electron chi connectivity index (χ0n) is 24.3. The van der Waals surface area contributed by atoms with E-state index in [0.29, 0.717) is 34.9 Å². The van der Waals surface area contributed by atoms with Crippen LogP contribution in [0.5, 0.6) is 5.75 Å². The van der Waals surface area contributed by atoms with Gasteiger partial charge < -0.3 is 24.8 Å². The van der Waals surface area contributed by atoms with Gasteiger partial charge in [-0.3, -0.25) is 9.59 Å². The van der Waals surface area contributed by atoms with Gasteiger partial charge in [-0.25, -0.2) is 0 Å². The number of aryl methyl sites for hydroxylation is 1. The van der Waals surface area contributed by atoms with E-state index in [1.54, 1.807) is 12.1 Å². The number of amides is 1. The molecule has 4 fully saturated rings. The highest BCUT2D eigenvalue weighted by Crippen LogP contribution is 2.47. The number of methoxy groups -OCH3 is 1. The topological polar surface area (TPSA) is 88.1 Å². The Hall–Kier alpha value is -2.61. The van der Waals surface area contributed by atoms with Crippen LogP contribution < -0.4 is 10.1 Å². The predicted octanol–water partition coefficient (Wildman–Crippen LogP) is 6.03. The molecule has 41 heavy (non-hydrogen) atoms. The number of fused-ring (bicyclic) bond motifs is 3. The molecule has 3 saturated heterocycles. The van der Waals surface area contributed by atoms with Crippen molar-refractivity contribution in [2.24, 2.45) is 5.92 Å². The van der Waals surface area contributed by atoms with E-state index in [1.165, 1.54) is 7.11 Å². The van der Waals surface area contributed by atoms with Gasteiger partial charge in [-0.15, -0.1) is 0 Å². The number of nitrogens with zero attached hydrogens (tertiary/aromatic N) is 1. The molecular formula is C33H43ClN2O5. The number of nitrogens with one attached hydrogen (secondary N) is 1. The SMILES string of the molecule is COc1cc(NC(=O)CCCc2cccc(C3(C(=O)OC45CCN(CC4)CC5)CCCCC3C)c2)c(Cl)cc1CO. The minimum absolute atomic E-state index is 0.0314. The fourth-order valence-corrected chi connectivity index (χ4v) is 7.34. The van der Waals surface area contributed by atoms with Crippen LogP contribution in [-0.2, 0) is 32.8 Å². The summed E-state index contributed by atoms with van der Waals surface area (Å²) in [6.45, 7) is 5.07. The molecule has 6 rings (SSSR count). The molecule has 2 aromatic carbocycles. The number of anilines is 1. The number of piperidine rings is 3. The van der Waals surface area contributed by atoms with Crippen LogP contribution in [0, 0.1) is 5.92 Å². The first-order valence-electron chi connectivity index (χ1n) is 15.1. The second-order valence-corrected chi connectivity index (χ2v) is 12.6. The first-order chi connectivity index (χ1) is 19.8. The monoisotopic (exact) mass is 582 g/mol. The van der Waals surface area contributed by atoms with Crippen molar-refractivity contribution in [1.29, 1.82) is 0 Å². The molecule has 2 atom stereocenters. The Bertz CT molecular complexity index is 1240. The highest BCUT2D eigenvalue weighted by molar-refractivity contribution is 6.33. The molecule has 2 bridgehead atoms. The zero-order valence-corrected chi connectivity index (χ0v) is 25.1. The Morgan fingerprint density at radius 2 is 1.85 bits per heavy atom. The van der Waals surface area contributed by atoms with Crippen LogP contribution in [0.1, 0.15) is 81.4 Å². The maximum atomic E-state index is 14.2. The summed E-state index contributed by atoms with van der Waals surface area (Å²) in [6, 6.07) is 11.6. The fraction of sp³-hybridized carbons (Fsp3) is 0.576. The third-order valence-electron chi connectivity index (χ3n) is 9.75. The Morgan fingerprint density at radius 3 is 2.54 bits per heavy atom. The summed E-state index contributed by atoms with van der Waals surface area (Å²) in [5, 5.41) is 12.7. The lowest BCUT2D eigenvalue weighted by Crippen LogP contribution is -2.57. The van der Waals surface area contributed by atoms with E-state index in [-0.39, 0.29) is 30.0 Å². The summed E-state index contributed by atoms with van der Waals surface area (Å²) >= 11 is 6.31. The molecule has 2 N–H and O–H groups in total. The molecule has 7 nitrogen and oxygen atoms in total. The summed E-state index contributed by atoms with van der Waals surface area (Å²) in [6.07, 6.45) is 8.53. The van der Waals surface area contributed by atoms with E-state index in [1.807, 2.05) is 6.07 Å². The van der Waals surface area contributed by atoms with Crippen molar-refractivity contribution >= 4 is 29.2 Å². The lowest BCUT2D eigenvalue weighted by Gasteiger charge is -2.50. The van der Waals surface area contributed by atoms with Gasteiger partial charge in [0, 0.05) is 56.9 Å². The highest BCUT2D eigenvalue weighted by atomic mass is 35.5. The predicted molar refractivity (Wildman–Crippen MR) is 160 cm³/mol. The second kappa shape index (κ2) is 12.7. The van der Waals surface area contributed by atoms with Gasteiger partial charge in [0.05, 0.1) is 29.8 Å². The quantitative estimate of drug-likeness (QED) is 0.333. The normalized spacial score (nSPS) is 27.3. The van der Waals surface area contributed by atoms with Crippen LogP contribution in [-0.4, -0.2) is 54.2 Å². The number of hydrogen-bond donors (Lipinski definition) is 2.